The molecule has 0 unspecified atom stereocenters. The number of anilines is 4. The van der Waals surface area contributed by atoms with E-state index in [1.165, 1.54) is 93.9 Å². The van der Waals surface area contributed by atoms with Gasteiger partial charge >= 0.3 is 30.8 Å². The molecule has 4 fully saturated rings. The largest absolute Gasteiger partial charge is 0.444 e. The highest BCUT2D eigenvalue weighted by atomic mass is 32.1. The first kappa shape index (κ1) is 112. The molecule has 782 valence electrons. The first-order chi connectivity index (χ1) is 69.8. The maximum absolute atomic E-state index is 13.3. The van der Waals surface area contributed by atoms with Gasteiger partial charge in [0.1, 0.15) is 5.60 Å². The normalized spacial score (nSPS) is 15.0. The number of nitriles is 3. The van der Waals surface area contributed by atoms with Crippen molar-refractivity contribution in [2.45, 2.75) is 195 Å². The van der Waals surface area contributed by atoms with Crippen LogP contribution in [-0.2, 0) is 64.7 Å². The number of aryl methyl sites for hydroxylation is 4. The Balaban J connectivity index is 0.000000164. The summed E-state index contributed by atoms with van der Waals surface area (Å²) < 4.78 is 166. The predicted molar refractivity (Wildman–Crippen MR) is 558 cm³/mol. The van der Waals surface area contributed by atoms with Gasteiger partial charge in [0.15, 0.2) is 26.4 Å². The molecule has 4 aliphatic rings. The lowest BCUT2D eigenvalue weighted by molar-refractivity contribution is -0.138. The number of hydrogen-bond donors (Lipinski definition) is 3. The van der Waals surface area contributed by atoms with Crippen molar-refractivity contribution in [1.82, 2.24) is 40.0 Å². The molecule has 8 heterocycles. The number of nitrogens with one attached hydrogen (secondary N) is 1. The van der Waals surface area contributed by atoms with Crippen LogP contribution in [0.4, 0.5) is 78.0 Å². The molecule has 0 spiro atoms. The number of nitrogens with two attached hydrogens (primary N) is 1. The number of fused-ring (bicyclic) bond motifs is 4. The Bertz CT molecular complexity index is 6700. The first-order valence-corrected chi connectivity index (χ1v) is 52.8. The Kier molecular flexibility index (Phi) is 38.1. The summed E-state index contributed by atoms with van der Waals surface area (Å²) >= 11 is 5.17. The summed E-state index contributed by atoms with van der Waals surface area (Å²) in [4.78, 5) is 68.7. The number of nitrogens with zero attached hydrogens (tertiary/aromatic N) is 15. The highest BCUT2D eigenvalue weighted by Crippen LogP contribution is 2.43. The third-order valence-electron chi connectivity index (χ3n) is 27.6. The first-order valence-electron chi connectivity index (χ1n) is 49.5. The number of rotatable bonds is 29. The molecule has 0 atom stereocenters. The van der Waals surface area contributed by atoms with E-state index in [-0.39, 0.29) is 23.7 Å². The summed E-state index contributed by atoms with van der Waals surface area (Å²) in [5.74, 6) is 2.31. The van der Waals surface area contributed by atoms with E-state index in [9.17, 15) is 77.6 Å². The summed E-state index contributed by atoms with van der Waals surface area (Å²) in [6.07, 6.45) is -3.29. The molecule has 4 N–H and O–H groups in total. The lowest BCUT2D eigenvalue weighted by atomic mass is 9.93. The number of carbonyl (C=O) groups excluding carboxylic acids is 3. The van der Waals surface area contributed by atoms with Gasteiger partial charge in [-0.15, -0.1) is 0 Å². The number of aromatic nitrogens is 4. The predicted octanol–water partition coefficient (Wildman–Crippen LogP) is 25.1. The molecule has 12 aromatic rings. The third-order valence-corrected chi connectivity index (χ3v) is 31.9. The second-order valence-electron chi connectivity index (χ2n) is 39.2. The molecule has 16 rings (SSSR count). The number of benzene rings is 8. The number of thiazole rings is 4. The monoisotopic (exact) mass is 2110 g/mol. The van der Waals surface area contributed by atoms with Crippen LogP contribution in [0.3, 0.4) is 0 Å². The van der Waals surface area contributed by atoms with Crippen molar-refractivity contribution in [2.75, 3.05) is 124 Å². The van der Waals surface area contributed by atoms with Crippen LogP contribution in [0, 0.1) is 85.4 Å². The second kappa shape index (κ2) is 50.1. The molecule has 38 heteroatoms. The molecule has 0 aliphatic carbocycles. The van der Waals surface area contributed by atoms with Crippen molar-refractivity contribution in [2.24, 2.45) is 34.6 Å². The van der Waals surface area contributed by atoms with Gasteiger partial charge in [0.2, 0.25) is 11.8 Å². The minimum atomic E-state index is -4.40. The molecular formula is C109H123F12N17O5S4. The summed E-state index contributed by atoms with van der Waals surface area (Å²) in [6.45, 7) is 28.5. The summed E-state index contributed by atoms with van der Waals surface area (Å²) in [5.41, 5.74) is 15.6. The van der Waals surface area contributed by atoms with Crippen molar-refractivity contribution in [3.05, 3.63) is 235 Å². The molecule has 4 aliphatic heterocycles. The van der Waals surface area contributed by atoms with Gasteiger partial charge < -0.3 is 55.3 Å². The summed E-state index contributed by atoms with van der Waals surface area (Å²) in [7, 11) is 0. The molecule has 3 amide bonds. The highest BCUT2D eigenvalue weighted by molar-refractivity contribution is 7.23. The fraction of sp³-hybridized carbons (Fsp3) is 0.459. The summed E-state index contributed by atoms with van der Waals surface area (Å²) in [5, 5.41) is 45.9. The van der Waals surface area contributed by atoms with Crippen LogP contribution in [0.2, 0.25) is 0 Å². The SMILES string of the molecule is CC(=O)N1CCC(CCN(CCc2ccc(C#N)c(C)c2)c2nc3ccc(C(F)(F)F)cc3s2)CC1.CC(=O)N1CCC(CCN(CCc2ccc(C(N)=NO)c(C)c2)c2nc3ccc(C(F)(F)F)cc3s2)CC1.Cc1cc(CCN(CCC2CCN(C(=O)OC(C)(C)C)CC2)c2nc3ccc(C(F)(F)F)cc3s2)ccc1C#N.Cc1cc(CCN(CCC2CCNCC2)c2nc3ccc(C(F)(F)F)cc3s2)ccc1C#N. The maximum Gasteiger partial charge on any atom is 0.416 e. The molecule has 147 heavy (non-hydrogen) atoms. The molecule has 0 bridgehead atoms. The Morgan fingerprint density at radius 3 is 0.912 bits per heavy atom. The van der Waals surface area contributed by atoms with Crippen LogP contribution in [0.15, 0.2) is 151 Å². The standard InChI is InChI=1S/C30H35F3N4O2S.C27H32F3N5O2S.C27H29F3N4OS.C25H27F3N4S/c1-20-17-22(5-6-23(20)19-34)12-14-36(27-35-25-8-7-24(30(31,32)33)18-26(25)40-27)13-9-21-10-15-37(16-11-21)28(38)39-29(2,3)4;1-17-15-20(3-5-22(17)25(31)33-37)10-14-35(13-9-19-7-11-34(12-8-19)18(2)36)26-32-23-6-4-21(27(28,29)30)16-24(23)38-26;1-18-15-21(3-4-22(18)17-31)10-14-34(13-9-20-7-11-33(12-8-20)19(2)35)26-32-24-6-5-23(27(28,29)30)16-25(24)36-26;1-17-14-19(2-3-20(17)16-29)9-13-32(12-8-18-6-10-30-11-7-18)24-31-22-5-4-21(25(26,27)28)15-23(22)33-24/h5-8,17-18,21H,9-16H2,1-4H3;3-6,15-16,19,37H,7-14H2,1-2H3,(H2,31,33);3-6,15-16,20H,7-14H2,1-2H3;2-5,14-15,18,30H,6-13H2,1H3. The quantitative estimate of drug-likeness (QED) is 0.0129. The zero-order chi connectivity index (χ0) is 106. The van der Waals surface area contributed by atoms with Crippen molar-refractivity contribution in [3.63, 3.8) is 0 Å². The van der Waals surface area contributed by atoms with Crippen LogP contribution in [0.5, 0.6) is 0 Å². The van der Waals surface area contributed by atoms with Gasteiger partial charge in [0.25, 0.3) is 0 Å². The minimum absolute atomic E-state index is 0.0548. The number of alkyl halides is 12. The number of ether oxygens (including phenoxy) is 1. The number of likely N-dealkylation sites (tertiary alicyclic amines) is 3. The number of piperidine rings is 4. The van der Waals surface area contributed by atoms with Crippen LogP contribution < -0.4 is 30.7 Å². The van der Waals surface area contributed by atoms with Crippen molar-refractivity contribution in [3.8, 4) is 18.2 Å². The highest BCUT2D eigenvalue weighted by Gasteiger charge is 2.37. The van der Waals surface area contributed by atoms with E-state index >= 15 is 0 Å². The van der Waals surface area contributed by atoms with E-state index in [2.05, 4.69) is 63.2 Å². The van der Waals surface area contributed by atoms with Gasteiger partial charge in [-0.05, 0) is 323 Å². The van der Waals surface area contributed by atoms with Gasteiger partial charge in [-0.2, -0.15) is 68.5 Å². The average Bonchev–Trinajstić information content (AvgIpc) is 1.67. The zero-order valence-electron chi connectivity index (χ0n) is 83.8. The van der Waals surface area contributed by atoms with Gasteiger partial charge in [-0.3, -0.25) is 9.59 Å². The number of amidine groups is 1. The molecule has 0 saturated carbocycles. The number of amides is 3. The topological polar surface area (TPSA) is 277 Å². The molecule has 22 nitrogen and oxygen atoms in total. The molecular weight excluding hydrogens is 1980 g/mol. The Morgan fingerprint density at radius 2 is 0.667 bits per heavy atom. The zero-order valence-corrected chi connectivity index (χ0v) is 87.1. The smallest absolute Gasteiger partial charge is 0.416 e. The lowest BCUT2D eigenvalue weighted by Crippen LogP contribution is -2.42. The molecule has 4 aromatic heterocycles. The van der Waals surface area contributed by atoms with E-state index in [4.69, 9.17) is 25.9 Å². The molecule has 8 aromatic carbocycles. The van der Waals surface area contributed by atoms with E-state index < -0.39 is 52.6 Å². The van der Waals surface area contributed by atoms with Crippen LogP contribution in [-0.4, -0.2) is 174 Å². The van der Waals surface area contributed by atoms with Crippen molar-refractivity contribution >= 4 is 130 Å². The summed E-state index contributed by atoms with van der Waals surface area (Å²) in [6, 6.07) is 44.6. The van der Waals surface area contributed by atoms with Crippen LogP contribution >= 0.6 is 45.3 Å². The van der Waals surface area contributed by atoms with E-state index in [1.54, 1.807) is 18.7 Å². The van der Waals surface area contributed by atoms with E-state index in [0.717, 1.165) is 234 Å². The Morgan fingerprint density at radius 1 is 0.401 bits per heavy atom. The number of hydrogen-bond acceptors (Lipinski definition) is 22. The van der Waals surface area contributed by atoms with Gasteiger partial charge in [0.05, 0.1) is 98.0 Å². The third kappa shape index (κ3) is 31.6. The van der Waals surface area contributed by atoms with E-state index in [1.807, 2.05) is 131 Å². The minimum Gasteiger partial charge on any atom is -0.444 e. The number of oxime groups is 1. The van der Waals surface area contributed by atoms with E-state index in [0.29, 0.717) is 149 Å². The van der Waals surface area contributed by atoms with Crippen LogP contribution in [0.25, 0.3) is 40.9 Å². The fourth-order valence-corrected chi connectivity index (χ4v) is 23.0. The van der Waals surface area contributed by atoms with Crippen molar-refractivity contribution in [1.29, 1.82) is 15.8 Å². The second-order valence-corrected chi connectivity index (χ2v) is 43.3. The van der Waals surface area contributed by atoms with Gasteiger partial charge in [-0.25, -0.2) is 24.7 Å². The Hall–Kier alpha value is -12.4. The van der Waals surface area contributed by atoms with Crippen LogP contribution in [0.1, 0.15) is 201 Å². The fourth-order valence-electron chi connectivity index (χ4n) is 18.7. The van der Waals surface area contributed by atoms with Gasteiger partial charge in [-0.1, -0.05) is 105 Å². The molecule has 0 radical (unpaired) electrons. The molecule has 4 saturated heterocycles. The number of carbonyl (C=O) groups is 3. The average molecular weight is 2110 g/mol. The van der Waals surface area contributed by atoms with Crippen molar-refractivity contribution < 1.29 is 77.0 Å². The Labute approximate surface area is 864 Å². The number of halogens is 12. The van der Waals surface area contributed by atoms with Gasteiger partial charge in [0, 0.05) is 111 Å². The maximum atomic E-state index is 13.3. The lowest BCUT2D eigenvalue weighted by Gasteiger charge is -2.34.